The average molecular weight is 325 g/mol. The van der Waals surface area contributed by atoms with Crippen molar-refractivity contribution in [3.05, 3.63) is 54.1 Å². The van der Waals surface area contributed by atoms with Crippen LogP contribution in [-0.4, -0.2) is 25.7 Å². The van der Waals surface area contributed by atoms with Crippen molar-refractivity contribution >= 4 is 11.6 Å². The Bertz CT molecular complexity index is 682. The Kier molecular flexibility index (Phi) is 5.36. The van der Waals surface area contributed by atoms with Crippen LogP contribution in [0.15, 0.2) is 48.5 Å². The maximum atomic E-state index is 12.5. The molecule has 2 aromatic carbocycles. The zero-order valence-corrected chi connectivity index (χ0v) is 14.0. The fourth-order valence-electron chi connectivity index (χ4n) is 2.87. The first-order valence-electron chi connectivity index (χ1n) is 8.52. The minimum absolute atomic E-state index is 0.00606. The van der Waals surface area contributed by atoms with Crippen molar-refractivity contribution in [1.82, 2.24) is 0 Å². The van der Waals surface area contributed by atoms with Crippen LogP contribution in [0.2, 0.25) is 0 Å². The number of aryl methyl sites for hydroxylation is 1. The lowest BCUT2D eigenvalue weighted by Crippen LogP contribution is -2.38. The molecule has 1 aliphatic rings. The molecule has 0 aliphatic carbocycles. The second kappa shape index (κ2) is 7.86. The molecule has 0 unspecified atom stereocenters. The molecule has 0 fully saturated rings. The number of nitrogens with zero attached hydrogens (tertiary/aromatic N) is 1. The summed E-state index contributed by atoms with van der Waals surface area (Å²) in [5.74, 6) is 1.49. The lowest BCUT2D eigenvalue weighted by Gasteiger charge is -2.29. The fraction of sp³-hybridized carbons (Fsp3) is 0.350. The van der Waals surface area contributed by atoms with Gasteiger partial charge in [-0.15, -0.1) is 0 Å². The molecule has 4 nitrogen and oxygen atoms in total. The fourth-order valence-corrected chi connectivity index (χ4v) is 2.87. The van der Waals surface area contributed by atoms with Crippen LogP contribution in [0.4, 0.5) is 5.69 Å². The molecule has 1 amide bonds. The average Bonchev–Trinajstić information content (AvgIpc) is 2.64. The quantitative estimate of drug-likeness (QED) is 0.810. The van der Waals surface area contributed by atoms with Crippen molar-refractivity contribution in [1.29, 1.82) is 0 Å². The summed E-state index contributed by atoms with van der Waals surface area (Å²) < 4.78 is 11.2. The van der Waals surface area contributed by atoms with E-state index in [0.29, 0.717) is 12.4 Å². The molecule has 0 aromatic heterocycles. The summed E-state index contributed by atoms with van der Waals surface area (Å²) in [4.78, 5) is 14.3. The second-order valence-corrected chi connectivity index (χ2v) is 5.89. The van der Waals surface area contributed by atoms with Crippen molar-refractivity contribution in [2.75, 3.05) is 24.7 Å². The van der Waals surface area contributed by atoms with Gasteiger partial charge in [-0.3, -0.25) is 4.79 Å². The van der Waals surface area contributed by atoms with Crippen LogP contribution in [0.3, 0.4) is 0 Å². The highest BCUT2D eigenvalue weighted by Gasteiger charge is 2.22. The third-order valence-electron chi connectivity index (χ3n) is 4.07. The Morgan fingerprint density at radius 3 is 2.50 bits per heavy atom. The van der Waals surface area contributed by atoms with E-state index >= 15 is 0 Å². The van der Waals surface area contributed by atoms with E-state index in [1.165, 1.54) is 5.56 Å². The zero-order valence-electron chi connectivity index (χ0n) is 14.0. The van der Waals surface area contributed by atoms with Crippen LogP contribution in [-0.2, 0) is 11.2 Å². The molecule has 4 heteroatoms. The van der Waals surface area contributed by atoms with E-state index in [2.05, 4.69) is 13.0 Å². The molecule has 0 spiro atoms. The summed E-state index contributed by atoms with van der Waals surface area (Å²) >= 11 is 0. The lowest BCUT2D eigenvalue weighted by atomic mass is 10.0. The summed E-state index contributed by atoms with van der Waals surface area (Å²) in [7, 11) is 0. The third-order valence-corrected chi connectivity index (χ3v) is 4.07. The smallest absolute Gasteiger partial charge is 0.264 e. The SMILES string of the molecule is CCCOc1ccc(OCC(=O)N2CCCc3ccccc32)cc1. The van der Waals surface area contributed by atoms with Crippen molar-refractivity contribution in [2.24, 2.45) is 0 Å². The maximum Gasteiger partial charge on any atom is 0.264 e. The monoisotopic (exact) mass is 325 g/mol. The number of anilines is 1. The lowest BCUT2D eigenvalue weighted by molar-refractivity contribution is -0.120. The topological polar surface area (TPSA) is 38.8 Å². The number of hydrogen-bond donors (Lipinski definition) is 0. The summed E-state index contributed by atoms with van der Waals surface area (Å²) in [5.41, 5.74) is 2.25. The van der Waals surface area contributed by atoms with Crippen molar-refractivity contribution in [3.8, 4) is 11.5 Å². The molecule has 0 saturated heterocycles. The van der Waals surface area contributed by atoms with Gasteiger partial charge in [0.15, 0.2) is 6.61 Å². The third kappa shape index (κ3) is 3.88. The number of fused-ring (bicyclic) bond motifs is 1. The molecular formula is C20H23NO3. The predicted octanol–water partition coefficient (Wildman–Crippen LogP) is 3.83. The molecule has 1 aliphatic heterocycles. The van der Waals surface area contributed by atoms with Crippen LogP contribution < -0.4 is 14.4 Å². The van der Waals surface area contributed by atoms with E-state index in [4.69, 9.17) is 9.47 Å². The van der Waals surface area contributed by atoms with Gasteiger partial charge in [-0.05, 0) is 55.2 Å². The Morgan fingerprint density at radius 2 is 1.75 bits per heavy atom. The second-order valence-electron chi connectivity index (χ2n) is 5.89. The minimum Gasteiger partial charge on any atom is -0.494 e. The van der Waals surface area contributed by atoms with E-state index in [1.54, 1.807) is 0 Å². The molecule has 3 rings (SSSR count). The molecule has 2 aromatic rings. The Morgan fingerprint density at radius 1 is 1.04 bits per heavy atom. The van der Waals surface area contributed by atoms with E-state index in [9.17, 15) is 4.79 Å². The largest absolute Gasteiger partial charge is 0.494 e. The zero-order chi connectivity index (χ0) is 16.8. The van der Waals surface area contributed by atoms with Crippen molar-refractivity contribution in [2.45, 2.75) is 26.2 Å². The van der Waals surface area contributed by atoms with Crippen molar-refractivity contribution < 1.29 is 14.3 Å². The minimum atomic E-state index is -0.00606. The summed E-state index contributed by atoms with van der Waals surface area (Å²) in [6.45, 7) is 3.57. The highest BCUT2D eigenvalue weighted by Crippen LogP contribution is 2.27. The molecule has 0 bridgehead atoms. The first-order chi connectivity index (χ1) is 11.8. The van der Waals surface area contributed by atoms with Gasteiger partial charge in [-0.2, -0.15) is 0 Å². The van der Waals surface area contributed by atoms with Crippen LogP contribution in [0.5, 0.6) is 11.5 Å². The summed E-state index contributed by atoms with van der Waals surface area (Å²) in [5, 5.41) is 0. The number of carbonyl (C=O) groups is 1. The van der Waals surface area contributed by atoms with Gasteiger partial charge in [0.1, 0.15) is 11.5 Å². The number of rotatable bonds is 6. The van der Waals surface area contributed by atoms with Gasteiger partial charge in [0, 0.05) is 12.2 Å². The predicted molar refractivity (Wildman–Crippen MR) is 94.8 cm³/mol. The Balaban J connectivity index is 1.58. The van der Waals surface area contributed by atoms with Gasteiger partial charge in [0.25, 0.3) is 5.91 Å². The Labute approximate surface area is 143 Å². The highest BCUT2D eigenvalue weighted by molar-refractivity contribution is 5.95. The van der Waals surface area contributed by atoms with Crippen LogP contribution in [0, 0.1) is 0 Å². The van der Waals surface area contributed by atoms with E-state index in [1.807, 2.05) is 47.4 Å². The number of benzene rings is 2. The van der Waals surface area contributed by atoms with Gasteiger partial charge in [-0.1, -0.05) is 25.1 Å². The van der Waals surface area contributed by atoms with Crippen LogP contribution >= 0.6 is 0 Å². The van der Waals surface area contributed by atoms with E-state index in [0.717, 1.165) is 37.2 Å². The molecule has 0 N–H and O–H groups in total. The van der Waals surface area contributed by atoms with Gasteiger partial charge in [0.05, 0.1) is 6.61 Å². The molecule has 126 valence electrons. The van der Waals surface area contributed by atoms with Gasteiger partial charge < -0.3 is 14.4 Å². The molecule has 24 heavy (non-hydrogen) atoms. The molecule has 0 saturated carbocycles. The Hall–Kier alpha value is -2.49. The van der Waals surface area contributed by atoms with Gasteiger partial charge in [0.2, 0.25) is 0 Å². The van der Waals surface area contributed by atoms with Crippen LogP contribution in [0.25, 0.3) is 0 Å². The molecular weight excluding hydrogens is 302 g/mol. The molecule has 0 radical (unpaired) electrons. The first kappa shape index (κ1) is 16.4. The standard InChI is InChI=1S/C20H23NO3/c1-2-14-23-17-9-11-18(12-10-17)24-15-20(22)21-13-5-7-16-6-3-4-8-19(16)21/h3-4,6,8-12H,2,5,7,13-15H2,1H3. The normalized spacial score (nSPS) is 13.3. The van der Waals surface area contributed by atoms with E-state index < -0.39 is 0 Å². The number of carbonyl (C=O) groups excluding carboxylic acids is 1. The maximum absolute atomic E-state index is 12.5. The number of amides is 1. The molecule has 1 heterocycles. The number of para-hydroxylation sites is 1. The summed E-state index contributed by atoms with van der Waals surface area (Å²) in [6.07, 6.45) is 3.00. The van der Waals surface area contributed by atoms with Crippen molar-refractivity contribution in [3.63, 3.8) is 0 Å². The number of hydrogen-bond acceptors (Lipinski definition) is 3. The first-order valence-corrected chi connectivity index (χ1v) is 8.52. The molecule has 0 atom stereocenters. The van der Waals surface area contributed by atoms with E-state index in [-0.39, 0.29) is 12.5 Å². The summed E-state index contributed by atoms with van der Waals surface area (Å²) in [6, 6.07) is 15.5. The van der Waals surface area contributed by atoms with Gasteiger partial charge >= 0.3 is 0 Å². The highest BCUT2D eigenvalue weighted by atomic mass is 16.5. The van der Waals surface area contributed by atoms with Crippen LogP contribution in [0.1, 0.15) is 25.3 Å². The number of ether oxygens (including phenoxy) is 2. The van der Waals surface area contributed by atoms with Gasteiger partial charge in [-0.25, -0.2) is 0 Å².